The molecule has 0 radical (unpaired) electrons. The zero-order chi connectivity index (χ0) is 14.9. The van der Waals surface area contributed by atoms with E-state index in [1.165, 1.54) is 23.5 Å². The van der Waals surface area contributed by atoms with Crippen molar-refractivity contribution in [2.45, 2.75) is 18.4 Å². The van der Waals surface area contributed by atoms with Gasteiger partial charge in [0.05, 0.1) is 20.6 Å². The number of halogens is 2. The third-order valence-corrected chi connectivity index (χ3v) is 6.32. The van der Waals surface area contributed by atoms with Gasteiger partial charge in [-0.15, -0.1) is 11.3 Å². The number of sulfonamides is 1. The summed E-state index contributed by atoms with van der Waals surface area (Å²) >= 11 is 10.4. The van der Waals surface area contributed by atoms with Crippen LogP contribution in [0.5, 0.6) is 0 Å². The minimum Gasteiger partial charge on any atom is -0.398 e. The van der Waals surface area contributed by atoms with E-state index in [0.717, 1.165) is 10.6 Å². The van der Waals surface area contributed by atoms with Gasteiger partial charge in [0.2, 0.25) is 10.0 Å². The number of nitrogens with two attached hydrogens (primary N) is 1. The van der Waals surface area contributed by atoms with Crippen LogP contribution in [-0.2, 0) is 16.6 Å². The lowest BCUT2D eigenvalue weighted by molar-refractivity contribution is 0.581. The molecule has 1 aromatic carbocycles. The lowest BCUT2D eigenvalue weighted by Gasteiger charge is -2.10. The quantitative estimate of drug-likeness (QED) is 0.778. The van der Waals surface area contributed by atoms with Crippen molar-refractivity contribution >= 4 is 54.6 Å². The van der Waals surface area contributed by atoms with Gasteiger partial charge >= 0.3 is 0 Å². The topological polar surface area (TPSA) is 85.1 Å². The summed E-state index contributed by atoms with van der Waals surface area (Å²) in [6, 6.07) is 2.84. The van der Waals surface area contributed by atoms with E-state index < -0.39 is 10.0 Å². The summed E-state index contributed by atoms with van der Waals surface area (Å²) in [5.74, 6) is 0. The SMILES string of the molecule is Cc1ncsc1CNS(=O)(=O)c1cc(Cl)cc(N)c1Br. The van der Waals surface area contributed by atoms with Gasteiger partial charge in [-0.3, -0.25) is 0 Å². The maximum Gasteiger partial charge on any atom is 0.242 e. The summed E-state index contributed by atoms with van der Waals surface area (Å²) in [5, 5.41) is 0.264. The van der Waals surface area contributed by atoms with Crippen molar-refractivity contribution in [2.24, 2.45) is 0 Å². The van der Waals surface area contributed by atoms with Crippen molar-refractivity contribution in [1.29, 1.82) is 0 Å². The molecule has 0 unspecified atom stereocenters. The monoisotopic (exact) mass is 395 g/mol. The Labute approximate surface area is 134 Å². The Morgan fingerprint density at radius 3 is 2.80 bits per heavy atom. The first kappa shape index (κ1) is 15.7. The van der Waals surface area contributed by atoms with Crippen LogP contribution >= 0.6 is 38.9 Å². The number of anilines is 1. The molecular formula is C11H11BrClN3O2S2. The van der Waals surface area contributed by atoms with Crippen molar-refractivity contribution in [2.75, 3.05) is 5.73 Å². The Bertz CT molecular complexity index is 746. The van der Waals surface area contributed by atoms with Crippen LogP contribution in [0.4, 0.5) is 5.69 Å². The lowest BCUT2D eigenvalue weighted by atomic mass is 10.3. The van der Waals surface area contributed by atoms with Crippen LogP contribution in [0.3, 0.4) is 0 Å². The summed E-state index contributed by atoms with van der Waals surface area (Å²) in [4.78, 5) is 4.95. The Morgan fingerprint density at radius 2 is 2.20 bits per heavy atom. The number of nitrogens with zero attached hydrogens (tertiary/aromatic N) is 1. The highest BCUT2D eigenvalue weighted by Crippen LogP contribution is 2.31. The number of aromatic nitrogens is 1. The molecule has 0 bridgehead atoms. The van der Waals surface area contributed by atoms with Crippen LogP contribution in [-0.4, -0.2) is 13.4 Å². The van der Waals surface area contributed by atoms with Crippen LogP contribution in [0.15, 0.2) is 27.0 Å². The highest BCUT2D eigenvalue weighted by atomic mass is 79.9. The van der Waals surface area contributed by atoms with Crippen molar-refractivity contribution < 1.29 is 8.42 Å². The van der Waals surface area contributed by atoms with E-state index in [1.807, 2.05) is 6.92 Å². The average molecular weight is 397 g/mol. The third kappa shape index (κ3) is 3.32. The van der Waals surface area contributed by atoms with Crippen LogP contribution in [0.25, 0.3) is 0 Å². The van der Waals surface area contributed by atoms with E-state index in [4.69, 9.17) is 17.3 Å². The molecule has 0 saturated heterocycles. The van der Waals surface area contributed by atoms with Crippen molar-refractivity contribution in [3.05, 3.63) is 37.7 Å². The molecule has 2 rings (SSSR count). The smallest absolute Gasteiger partial charge is 0.242 e. The number of aryl methyl sites for hydroxylation is 1. The number of nitrogens with one attached hydrogen (secondary N) is 1. The second-order valence-corrected chi connectivity index (χ2v) is 7.90. The Balaban J connectivity index is 2.29. The standard InChI is InChI=1S/C11H11BrClN3O2S2/c1-6-9(19-5-15-6)4-16-20(17,18)10-3-7(13)2-8(14)11(10)12/h2-3,5,16H,4,14H2,1H3. The molecule has 108 valence electrons. The molecule has 2 aromatic rings. The fraction of sp³-hybridized carbons (Fsp3) is 0.182. The van der Waals surface area contributed by atoms with Gasteiger partial charge in [-0.25, -0.2) is 18.1 Å². The van der Waals surface area contributed by atoms with E-state index in [0.29, 0.717) is 4.47 Å². The van der Waals surface area contributed by atoms with E-state index in [9.17, 15) is 8.42 Å². The van der Waals surface area contributed by atoms with E-state index in [1.54, 1.807) is 5.51 Å². The Morgan fingerprint density at radius 1 is 1.50 bits per heavy atom. The maximum atomic E-state index is 12.3. The van der Waals surface area contributed by atoms with Gasteiger partial charge in [0.15, 0.2) is 0 Å². The number of benzene rings is 1. The average Bonchev–Trinajstić information content (AvgIpc) is 2.77. The molecule has 0 aliphatic heterocycles. The number of thiazole rings is 1. The fourth-order valence-electron chi connectivity index (χ4n) is 1.51. The maximum absolute atomic E-state index is 12.3. The zero-order valence-corrected chi connectivity index (χ0v) is 14.3. The first-order chi connectivity index (χ1) is 9.31. The predicted molar refractivity (Wildman–Crippen MR) is 84.4 cm³/mol. The molecule has 20 heavy (non-hydrogen) atoms. The van der Waals surface area contributed by atoms with Crippen molar-refractivity contribution in [3.63, 3.8) is 0 Å². The van der Waals surface area contributed by atoms with Gasteiger partial charge < -0.3 is 5.73 Å². The fourth-order valence-corrected chi connectivity index (χ4v) is 4.61. The highest BCUT2D eigenvalue weighted by Gasteiger charge is 2.20. The molecule has 0 saturated carbocycles. The summed E-state index contributed by atoms with van der Waals surface area (Å²) in [5.41, 5.74) is 8.45. The van der Waals surface area contributed by atoms with Gasteiger partial charge in [-0.1, -0.05) is 11.6 Å². The minimum atomic E-state index is -3.71. The summed E-state index contributed by atoms with van der Waals surface area (Å²) in [6.45, 7) is 2.01. The molecule has 0 spiro atoms. The summed E-state index contributed by atoms with van der Waals surface area (Å²) < 4.78 is 27.4. The van der Waals surface area contributed by atoms with Gasteiger partial charge in [0.25, 0.3) is 0 Å². The molecule has 1 aromatic heterocycles. The van der Waals surface area contributed by atoms with E-state index in [2.05, 4.69) is 25.6 Å². The van der Waals surface area contributed by atoms with Gasteiger partial charge in [-0.05, 0) is 35.0 Å². The predicted octanol–water partition coefficient (Wildman–Crippen LogP) is 2.93. The van der Waals surface area contributed by atoms with Crippen LogP contribution in [0.2, 0.25) is 5.02 Å². The molecule has 0 atom stereocenters. The van der Waals surface area contributed by atoms with Crippen LogP contribution < -0.4 is 10.5 Å². The molecule has 0 aliphatic rings. The Hall–Kier alpha value is -0.670. The lowest BCUT2D eigenvalue weighted by Crippen LogP contribution is -2.23. The molecule has 5 nitrogen and oxygen atoms in total. The van der Waals surface area contributed by atoms with E-state index >= 15 is 0 Å². The summed E-state index contributed by atoms with van der Waals surface area (Å²) in [7, 11) is -3.71. The number of hydrogen-bond donors (Lipinski definition) is 2. The first-order valence-corrected chi connectivity index (χ1v) is 8.98. The van der Waals surface area contributed by atoms with Gasteiger partial charge in [0, 0.05) is 22.1 Å². The molecule has 0 aliphatic carbocycles. The van der Waals surface area contributed by atoms with Crippen molar-refractivity contribution in [1.82, 2.24) is 9.71 Å². The molecule has 0 fully saturated rings. The Kier molecular flexibility index (Phi) is 4.70. The second kappa shape index (κ2) is 5.98. The number of hydrogen-bond acceptors (Lipinski definition) is 5. The molecule has 3 N–H and O–H groups in total. The minimum absolute atomic E-state index is 0.0182. The van der Waals surface area contributed by atoms with Crippen molar-refractivity contribution in [3.8, 4) is 0 Å². The number of nitrogen functional groups attached to an aromatic ring is 1. The first-order valence-electron chi connectivity index (χ1n) is 5.44. The summed E-state index contributed by atoms with van der Waals surface area (Å²) in [6.07, 6.45) is 0. The number of rotatable bonds is 4. The largest absolute Gasteiger partial charge is 0.398 e. The van der Waals surface area contributed by atoms with Gasteiger partial charge in [-0.2, -0.15) is 0 Å². The van der Waals surface area contributed by atoms with Gasteiger partial charge in [0.1, 0.15) is 0 Å². The molecule has 9 heteroatoms. The molecule has 1 heterocycles. The second-order valence-electron chi connectivity index (χ2n) is 3.99. The third-order valence-electron chi connectivity index (χ3n) is 2.59. The molecular weight excluding hydrogens is 386 g/mol. The normalized spacial score (nSPS) is 11.8. The van der Waals surface area contributed by atoms with E-state index in [-0.39, 0.29) is 22.2 Å². The molecule has 0 amide bonds. The van der Waals surface area contributed by atoms with Crippen LogP contribution in [0.1, 0.15) is 10.6 Å². The highest BCUT2D eigenvalue weighted by molar-refractivity contribution is 9.10. The van der Waals surface area contributed by atoms with Crippen LogP contribution in [0, 0.1) is 6.92 Å². The zero-order valence-electron chi connectivity index (χ0n) is 10.4.